The molecule has 0 aliphatic rings. The first-order chi connectivity index (χ1) is 4.72. The van der Waals surface area contributed by atoms with Crippen molar-refractivity contribution in [2.75, 3.05) is 0 Å². The highest BCUT2D eigenvalue weighted by Crippen LogP contribution is 2.08. The predicted octanol–water partition coefficient (Wildman–Crippen LogP) is 1.92. The zero-order valence-electron chi connectivity index (χ0n) is 6.17. The van der Waals surface area contributed by atoms with E-state index in [-0.39, 0.29) is 12.4 Å². The maximum atomic E-state index is 5.66. The van der Waals surface area contributed by atoms with Crippen LogP contribution in [-0.4, -0.2) is 4.98 Å². The van der Waals surface area contributed by atoms with Crippen LogP contribution in [0.3, 0.4) is 0 Å². The second kappa shape index (κ2) is 4.54. The lowest BCUT2D eigenvalue weighted by atomic mass is 10.2. The molecule has 0 atom stereocenters. The Morgan fingerprint density at radius 2 is 2.18 bits per heavy atom. The Bertz CT molecular complexity index is 218. The molecule has 4 heteroatoms. The van der Waals surface area contributed by atoms with Crippen molar-refractivity contribution in [3.63, 3.8) is 0 Å². The second-order valence-corrected chi connectivity index (χ2v) is 2.53. The maximum absolute atomic E-state index is 5.66. The summed E-state index contributed by atoms with van der Waals surface area (Å²) in [5.41, 5.74) is 7.34. The summed E-state index contributed by atoms with van der Waals surface area (Å²) in [6, 6.07) is 3.69. The van der Waals surface area contributed by atoms with Crippen molar-refractivity contribution in [1.29, 1.82) is 0 Å². The van der Waals surface area contributed by atoms with Gasteiger partial charge in [-0.2, -0.15) is 0 Å². The summed E-state index contributed by atoms with van der Waals surface area (Å²) in [6.07, 6.45) is 0. The van der Waals surface area contributed by atoms with Crippen molar-refractivity contribution in [3.8, 4) is 0 Å². The SMILES string of the molecule is Cc1cc(CN)cc(Cl)n1.Cl. The third-order valence-electron chi connectivity index (χ3n) is 1.22. The summed E-state index contributed by atoms with van der Waals surface area (Å²) in [4.78, 5) is 3.99. The molecule has 0 aliphatic heterocycles. The number of aryl methyl sites for hydroxylation is 1. The number of nitrogens with two attached hydrogens (primary N) is 1. The van der Waals surface area contributed by atoms with Crippen LogP contribution in [0.2, 0.25) is 5.15 Å². The fourth-order valence-corrected chi connectivity index (χ4v) is 1.09. The normalized spacial score (nSPS) is 9.00. The molecule has 0 bridgehead atoms. The van der Waals surface area contributed by atoms with Gasteiger partial charge in [0, 0.05) is 12.2 Å². The van der Waals surface area contributed by atoms with Crippen molar-refractivity contribution < 1.29 is 0 Å². The lowest BCUT2D eigenvalue weighted by Gasteiger charge is -1.98. The number of halogens is 2. The molecule has 62 valence electrons. The summed E-state index contributed by atoms with van der Waals surface area (Å²) >= 11 is 5.66. The van der Waals surface area contributed by atoms with Crippen LogP contribution in [0.5, 0.6) is 0 Å². The average molecular weight is 193 g/mol. The van der Waals surface area contributed by atoms with E-state index < -0.39 is 0 Å². The van der Waals surface area contributed by atoms with E-state index >= 15 is 0 Å². The third kappa shape index (κ3) is 3.06. The molecule has 0 saturated carbocycles. The standard InChI is InChI=1S/C7H9ClN2.ClH/c1-5-2-6(4-9)3-7(8)10-5;/h2-3H,4,9H2,1H3;1H. The Morgan fingerprint density at radius 1 is 1.55 bits per heavy atom. The number of hydrogen-bond acceptors (Lipinski definition) is 2. The average Bonchev–Trinajstić information content (AvgIpc) is 1.85. The van der Waals surface area contributed by atoms with Crippen molar-refractivity contribution in [2.45, 2.75) is 13.5 Å². The number of aromatic nitrogens is 1. The first kappa shape index (κ1) is 10.7. The van der Waals surface area contributed by atoms with Crippen molar-refractivity contribution in [1.82, 2.24) is 4.98 Å². The predicted molar refractivity (Wildman–Crippen MR) is 49.1 cm³/mol. The largest absolute Gasteiger partial charge is 0.326 e. The van der Waals surface area contributed by atoms with Crippen LogP contribution < -0.4 is 5.73 Å². The van der Waals surface area contributed by atoms with Crippen LogP contribution in [0.15, 0.2) is 12.1 Å². The minimum atomic E-state index is 0. The monoisotopic (exact) mass is 192 g/mol. The quantitative estimate of drug-likeness (QED) is 0.692. The molecule has 1 heterocycles. The topological polar surface area (TPSA) is 38.9 Å². The lowest BCUT2D eigenvalue weighted by Crippen LogP contribution is -1.97. The van der Waals surface area contributed by atoms with Crippen LogP contribution >= 0.6 is 24.0 Å². The van der Waals surface area contributed by atoms with Gasteiger partial charge in [-0.1, -0.05) is 11.6 Å². The van der Waals surface area contributed by atoms with Crippen LogP contribution in [0, 0.1) is 6.92 Å². The van der Waals surface area contributed by atoms with E-state index in [1.54, 1.807) is 6.07 Å². The molecule has 0 fully saturated rings. The molecule has 2 N–H and O–H groups in total. The van der Waals surface area contributed by atoms with Gasteiger partial charge in [0.1, 0.15) is 5.15 Å². The van der Waals surface area contributed by atoms with E-state index in [0.29, 0.717) is 11.7 Å². The minimum Gasteiger partial charge on any atom is -0.326 e. The van der Waals surface area contributed by atoms with E-state index in [0.717, 1.165) is 11.3 Å². The van der Waals surface area contributed by atoms with Gasteiger partial charge in [-0.3, -0.25) is 0 Å². The molecule has 2 nitrogen and oxygen atoms in total. The summed E-state index contributed by atoms with van der Waals surface area (Å²) in [5, 5.41) is 0.514. The molecule has 0 amide bonds. The summed E-state index contributed by atoms with van der Waals surface area (Å²) in [5.74, 6) is 0. The molecular weight excluding hydrogens is 183 g/mol. The molecule has 0 radical (unpaired) electrons. The smallest absolute Gasteiger partial charge is 0.129 e. The molecular formula is C7H10Cl2N2. The van der Waals surface area contributed by atoms with Gasteiger partial charge in [0.25, 0.3) is 0 Å². The van der Waals surface area contributed by atoms with Gasteiger partial charge in [-0.05, 0) is 24.6 Å². The highest BCUT2D eigenvalue weighted by molar-refractivity contribution is 6.29. The number of nitrogens with zero attached hydrogens (tertiary/aromatic N) is 1. The molecule has 0 saturated heterocycles. The van der Waals surface area contributed by atoms with Gasteiger partial charge < -0.3 is 5.73 Å². The molecule has 0 spiro atoms. The van der Waals surface area contributed by atoms with Crippen molar-refractivity contribution >= 4 is 24.0 Å². The molecule has 1 rings (SSSR count). The fourth-order valence-electron chi connectivity index (χ4n) is 0.814. The van der Waals surface area contributed by atoms with Crippen LogP contribution in [0.25, 0.3) is 0 Å². The molecule has 0 aromatic carbocycles. The van der Waals surface area contributed by atoms with Gasteiger partial charge in [-0.15, -0.1) is 12.4 Å². The molecule has 0 unspecified atom stereocenters. The molecule has 1 aromatic heterocycles. The molecule has 11 heavy (non-hydrogen) atoms. The first-order valence-corrected chi connectivity index (χ1v) is 3.43. The van der Waals surface area contributed by atoms with Gasteiger partial charge in [0.2, 0.25) is 0 Å². The highest BCUT2D eigenvalue weighted by atomic mass is 35.5. The number of pyridine rings is 1. The summed E-state index contributed by atoms with van der Waals surface area (Å²) in [7, 11) is 0. The Balaban J connectivity index is 0.000001000. The third-order valence-corrected chi connectivity index (χ3v) is 1.41. The van der Waals surface area contributed by atoms with Crippen LogP contribution in [-0.2, 0) is 6.54 Å². The molecule has 0 aliphatic carbocycles. The Labute approximate surface area is 77.2 Å². The van der Waals surface area contributed by atoms with E-state index in [2.05, 4.69) is 4.98 Å². The van der Waals surface area contributed by atoms with E-state index in [1.807, 2.05) is 13.0 Å². The summed E-state index contributed by atoms with van der Waals surface area (Å²) in [6.45, 7) is 2.41. The lowest BCUT2D eigenvalue weighted by molar-refractivity contribution is 1.04. The summed E-state index contributed by atoms with van der Waals surface area (Å²) < 4.78 is 0. The van der Waals surface area contributed by atoms with E-state index in [4.69, 9.17) is 17.3 Å². The van der Waals surface area contributed by atoms with Crippen molar-refractivity contribution in [3.05, 3.63) is 28.5 Å². The highest BCUT2D eigenvalue weighted by Gasteiger charge is 1.94. The number of rotatable bonds is 1. The zero-order chi connectivity index (χ0) is 7.56. The van der Waals surface area contributed by atoms with Gasteiger partial charge >= 0.3 is 0 Å². The molecule has 1 aromatic rings. The maximum Gasteiger partial charge on any atom is 0.129 e. The zero-order valence-corrected chi connectivity index (χ0v) is 7.75. The fraction of sp³-hybridized carbons (Fsp3) is 0.286. The van der Waals surface area contributed by atoms with Crippen LogP contribution in [0.1, 0.15) is 11.3 Å². The second-order valence-electron chi connectivity index (χ2n) is 2.14. The van der Waals surface area contributed by atoms with Gasteiger partial charge in [0.15, 0.2) is 0 Å². The Morgan fingerprint density at radius 3 is 2.64 bits per heavy atom. The van der Waals surface area contributed by atoms with E-state index in [1.165, 1.54) is 0 Å². The first-order valence-electron chi connectivity index (χ1n) is 3.05. The van der Waals surface area contributed by atoms with Gasteiger partial charge in [-0.25, -0.2) is 4.98 Å². The minimum absolute atomic E-state index is 0. The number of hydrogen-bond donors (Lipinski definition) is 1. The van der Waals surface area contributed by atoms with Crippen LogP contribution in [0.4, 0.5) is 0 Å². The Kier molecular flexibility index (Phi) is 4.42. The van der Waals surface area contributed by atoms with Gasteiger partial charge in [0.05, 0.1) is 0 Å². The van der Waals surface area contributed by atoms with Crippen molar-refractivity contribution in [2.24, 2.45) is 5.73 Å². The Hall–Kier alpha value is -0.310. The van der Waals surface area contributed by atoms with E-state index in [9.17, 15) is 0 Å².